The van der Waals surface area contributed by atoms with Crippen molar-refractivity contribution in [3.63, 3.8) is 0 Å². The van der Waals surface area contributed by atoms with Crippen LogP contribution in [0.15, 0.2) is 53.3 Å². The van der Waals surface area contributed by atoms with Crippen molar-refractivity contribution in [2.45, 2.75) is 0 Å². The molecule has 0 bridgehead atoms. The lowest BCUT2D eigenvalue weighted by molar-refractivity contribution is 0.415. The number of hydrogen-bond acceptors (Lipinski definition) is 3. The van der Waals surface area contributed by atoms with Gasteiger partial charge in [-0.05, 0) is 48.0 Å². The third kappa shape index (κ3) is 2.33. The van der Waals surface area contributed by atoms with Gasteiger partial charge in [-0.3, -0.25) is 4.79 Å². The molecular formula is C18H17NO3. The van der Waals surface area contributed by atoms with Gasteiger partial charge in [0.05, 0.1) is 25.4 Å². The molecule has 0 atom stereocenters. The van der Waals surface area contributed by atoms with Crippen LogP contribution in [0.1, 0.15) is 0 Å². The van der Waals surface area contributed by atoms with Gasteiger partial charge in [0.2, 0.25) is 0 Å². The molecule has 0 radical (unpaired) electrons. The molecule has 0 amide bonds. The van der Waals surface area contributed by atoms with E-state index in [-0.39, 0.29) is 5.43 Å². The van der Waals surface area contributed by atoms with Crippen LogP contribution in [0, 0.1) is 0 Å². The summed E-state index contributed by atoms with van der Waals surface area (Å²) in [5.41, 5.74) is 2.69. The van der Waals surface area contributed by atoms with Crippen LogP contribution < -0.4 is 14.9 Å². The van der Waals surface area contributed by atoms with Gasteiger partial charge in [0.1, 0.15) is 11.5 Å². The van der Waals surface area contributed by atoms with Crippen molar-refractivity contribution in [3.8, 4) is 22.8 Å². The van der Waals surface area contributed by atoms with Crippen molar-refractivity contribution in [3.05, 3.63) is 58.8 Å². The zero-order valence-electron chi connectivity index (χ0n) is 12.8. The molecule has 0 aliphatic carbocycles. The average Bonchev–Trinajstić information content (AvgIpc) is 2.57. The third-order valence-corrected chi connectivity index (χ3v) is 3.85. The standard InChI is InChI=1S/C18H17NO3/c1-19-16-9-8-14(22-3)10-15(16)18(20)11-17(19)12-4-6-13(21-2)7-5-12/h4-11H,1-3H3. The highest BCUT2D eigenvalue weighted by Gasteiger charge is 2.09. The van der Waals surface area contributed by atoms with Gasteiger partial charge in [-0.15, -0.1) is 0 Å². The number of aromatic nitrogens is 1. The lowest BCUT2D eigenvalue weighted by atomic mass is 10.1. The Kier molecular flexibility index (Phi) is 3.59. The molecule has 22 heavy (non-hydrogen) atoms. The molecule has 2 aromatic carbocycles. The van der Waals surface area contributed by atoms with E-state index < -0.39 is 0 Å². The van der Waals surface area contributed by atoms with Gasteiger partial charge in [-0.1, -0.05) is 0 Å². The molecule has 0 aliphatic rings. The first-order valence-corrected chi connectivity index (χ1v) is 6.96. The third-order valence-electron chi connectivity index (χ3n) is 3.85. The summed E-state index contributed by atoms with van der Waals surface area (Å²) >= 11 is 0. The van der Waals surface area contributed by atoms with Gasteiger partial charge in [0, 0.05) is 18.5 Å². The molecule has 0 unspecified atom stereocenters. The van der Waals surface area contributed by atoms with E-state index in [0.29, 0.717) is 11.1 Å². The quantitative estimate of drug-likeness (QED) is 0.745. The maximum atomic E-state index is 12.4. The number of benzene rings is 2. The van der Waals surface area contributed by atoms with Crippen LogP contribution in [-0.4, -0.2) is 18.8 Å². The highest BCUT2D eigenvalue weighted by Crippen LogP contribution is 2.25. The van der Waals surface area contributed by atoms with E-state index in [1.807, 2.05) is 48.0 Å². The van der Waals surface area contributed by atoms with Crippen LogP contribution in [0.5, 0.6) is 11.5 Å². The van der Waals surface area contributed by atoms with E-state index in [4.69, 9.17) is 9.47 Å². The molecule has 3 aromatic rings. The Balaban J connectivity index is 2.22. The Hall–Kier alpha value is -2.75. The number of rotatable bonds is 3. The van der Waals surface area contributed by atoms with Crippen molar-refractivity contribution in [1.29, 1.82) is 0 Å². The average molecular weight is 295 g/mol. The fraction of sp³-hybridized carbons (Fsp3) is 0.167. The summed E-state index contributed by atoms with van der Waals surface area (Å²) < 4.78 is 12.4. The van der Waals surface area contributed by atoms with Gasteiger partial charge in [0.25, 0.3) is 0 Å². The fourth-order valence-electron chi connectivity index (χ4n) is 2.60. The van der Waals surface area contributed by atoms with Crippen molar-refractivity contribution in [2.24, 2.45) is 7.05 Å². The molecule has 1 aromatic heterocycles. The zero-order chi connectivity index (χ0) is 15.7. The molecule has 0 saturated heterocycles. The van der Waals surface area contributed by atoms with Gasteiger partial charge in [-0.2, -0.15) is 0 Å². The van der Waals surface area contributed by atoms with Gasteiger partial charge in [0.15, 0.2) is 5.43 Å². The number of pyridine rings is 1. The highest BCUT2D eigenvalue weighted by molar-refractivity contribution is 5.83. The maximum Gasteiger partial charge on any atom is 0.190 e. The van der Waals surface area contributed by atoms with Crippen LogP contribution in [0.4, 0.5) is 0 Å². The molecule has 0 fully saturated rings. The van der Waals surface area contributed by atoms with Crippen LogP contribution in [0.3, 0.4) is 0 Å². The fourth-order valence-corrected chi connectivity index (χ4v) is 2.60. The maximum absolute atomic E-state index is 12.4. The predicted octanol–water partition coefficient (Wildman–Crippen LogP) is 3.22. The molecular weight excluding hydrogens is 278 g/mol. The smallest absolute Gasteiger partial charge is 0.190 e. The second-order valence-electron chi connectivity index (χ2n) is 5.06. The molecule has 0 N–H and O–H groups in total. The van der Waals surface area contributed by atoms with Crippen LogP contribution in [0.25, 0.3) is 22.2 Å². The minimum Gasteiger partial charge on any atom is -0.497 e. The summed E-state index contributed by atoms with van der Waals surface area (Å²) in [6.45, 7) is 0. The number of fused-ring (bicyclic) bond motifs is 1. The summed E-state index contributed by atoms with van der Waals surface area (Å²) in [6, 6.07) is 14.9. The molecule has 3 rings (SSSR count). The number of nitrogens with zero attached hydrogens (tertiary/aromatic N) is 1. The van der Waals surface area contributed by atoms with Crippen molar-refractivity contribution in [1.82, 2.24) is 4.57 Å². The second kappa shape index (κ2) is 5.56. The number of aryl methyl sites for hydroxylation is 1. The van der Waals surface area contributed by atoms with Gasteiger partial charge < -0.3 is 14.0 Å². The second-order valence-corrected chi connectivity index (χ2v) is 5.06. The Bertz CT molecular complexity index is 879. The van der Waals surface area contributed by atoms with E-state index in [1.54, 1.807) is 26.4 Å². The molecule has 112 valence electrons. The molecule has 0 spiro atoms. The van der Waals surface area contributed by atoms with E-state index in [2.05, 4.69) is 0 Å². The molecule has 0 saturated carbocycles. The topological polar surface area (TPSA) is 40.5 Å². The monoisotopic (exact) mass is 295 g/mol. The molecule has 1 heterocycles. The predicted molar refractivity (Wildman–Crippen MR) is 87.7 cm³/mol. The zero-order valence-corrected chi connectivity index (χ0v) is 12.8. The summed E-state index contributed by atoms with van der Waals surface area (Å²) in [5.74, 6) is 1.47. The minimum atomic E-state index is -0.0159. The lowest BCUT2D eigenvalue weighted by Crippen LogP contribution is -2.09. The van der Waals surface area contributed by atoms with Gasteiger partial charge in [-0.25, -0.2) is 0 Å². The lowest BCUT2D eigenvalue weighted by Gasteiger charge is -2.13. The van der Waals surface area contributed by atoms with Gasteiger partial charge >= 0.3 is 0 Å². The van der Waals surface area contributed by atoms with E-state index in [1.165, 1.54) is 0 Å². The normalized spacial score (nSPS) is 10.7. The van der Waals surface area contributed by atoms with Crippen molar-refractivity contribution >= 4 is 10.9 Å². The summed E-state index contributed by atoms with van der Waals surface area (Å²) in [4.78, 5) is 12.4. The molecule has 4 heteroatoms. The van der Waals surface area contributed by atoms with E-state index >= 15 is 0 Å². The Morgan fingerprint density at radius 2 is 1.50 bits per heavy atom. The van der Waals surface area contributed by atoms with Crippen LogP contribution >= 0.6 is 0 Å². The first-order chi connectivity index (χ1) is 10.6. The van der Waals surface area contributed by atoms with Crippen molar-refractivity contribution in [2.75, 3.05) is 14.2 Å². The summed E-state index contributed by atoms with van der Waals surface area (Å²) in [7, 11) is 5.18. The van der Waals surface area contributed by atoms with E-state index in [0.717, 1.165) is 22.5 Å². The summed E-state index contributed by atoms with van der Waals surface area (Å²) in [5, 5.41) is 0.652. The van der Waals surface area contributed by atoms with Crippen LogP contribution in [-0.2, 0) is 7.05 Å². The summed E-state index contributed by atoms with van der Waals surface area (Å²) in [6.07, 6.45) is 0. The first kappa shape index (κ1) is 14.2. The van der Waals surface area contributed by atoms with E-state index in [9.17, 15) is 4.79 Å². The van der Waals surface area contributed by atoms with Crippen molar-refractivity contribution < 1.29 is 9.47 Å². The highest BCUT2D eigenvalue weighted by atomic mass is 16.5. The minimum absolute atomic E-state index is 0.0159. The Labute approximate surface area is 128 Å². The Morgan fingerprint density at radius 3 is 2.14 bits per heavy atom. The SMILES string of the molecule is COc1ccc(-c2cc(=O)c3cc(OC)ccc3n2C)cc1. The molecule has 4 nitrogen and oxygen atoms in total. The number of hydrogen-bond donors (Lipinski definition) is 0. The molecule has 0 aliphatic heterocycles. The first-order valence-electron chi connectivity index (χ1n) is 6.96. The number of ether oxygens (including phenoxy) is 2. The van der Waals surface area contributed by atoms with Crippen LogP contribution in [0.2, 0.25) is 0 Å². The largest absolute Gasteiger partial charge is 0.497 e. The Morgan fingerprint density at radius 1 is 0.864 bits per heavy atom. The number of methoxy groups -OCH3 is 2.